The van der Waals surface area contributed by atoms with Crippen molar-refractivity contribution in [3.05, 3.63) is 58.4 Å². The number of aryl methyl sites for hydroxylation is 1. The first kappa shape index (κ1) is 14.1. The SMILES string of the molecule is CCCC(Nc1cc(C)nc2ccccc12)c1cccs1. The highest BCUT2D eigenvalue weighted by atomic mass is 32.1. The van der Waals surface area contributed by atoms with Gasteiger partial charge in [-0.3, -0.25) is 4.98 Å². The van der Waals surface area contributed by atoms with Gasteiger partial charge in [0.05, 0.1) is 11.6 Å². The number of nitrogens with one attached hydrogen (secondary N) is 1. The summed E-state index contributed by atoms with van der Waals surface area (Å²) in [5, 5.41) is 7.08. The van der Waals surface area contributed by atoms with Crippen LogP contribution in [0.15, 0.2) is 47.8 Å². The monoisotopic (exact) mass is 296 g/mol. The molecule has 0 amide bonds. The summed E-state index contributed by atoms with van der Waals surface area (Å²) in [6.45, 7) is 4.29. The maximum absolute atomic E-state index is 4.61. The van der Waals surface area contributed by atoms with Gasteiger partial charge in [0.25, 0.3) is 0 Å². The zero-order valence-electron chi connectivity index (χ0n) is 12.5. The predicted molar refractivity (Wildman–Crippen MR) is 92.1 cm³/mol. The average molecular weight is 296 g/mol. The fraction of sp³-hybridized carbons (Fsp3) is 0.278. The minimum absolute atomic E-state index is 0.375. The largest absolute Gasteiger partial charge is 0.377 e. The standard InChI is InChI=1S/C18H20N2S/c1-3-7-16(18-10-6-11-21-18)20-17-12-13(2)19-15-9-5-4-8-14(15)17/h4-6,8-12,16H,3,7H2,1-2H3,(H,19,20). The Balaban J connectivity index is 1.99. The Morgan fingerprint density at radius 2 is 2.05 bits per heavy atom. The van der Waals surface area contributed by atoms with Crippen molar-refractivity contribution in [3.8, 4) is 0 Å². The van der Waals surface area contributed by atoms with Crippen LogP contribution >= 0.6 is 11.3 Å². The van der Waals surface area contributed by atoms with Crippen molar-refractivity contribution in [1.29, 1.82) is 0 Å². The number of para-hydroxylation sites is 1. The Labute approximate surface area is 129 Å². The van der Waals surface area contributed by atoms with E-state index in [1.165, 1.54) is 16.0 Å². The first-order chi connectivity index (χ1) is 10.3. The molecule has 0 aliphatic carbocycles. The molecule has 0 aliphatic heterocycles. The van der Waals surface area contributed by atoms with Crippen LogP contribution in [0, 0.1) is 6.92 Å². The van der Waals surface area contributed by atoms with E-state index >= 15 is 0 Å². The Morgan fingerprint density at radius 1 is 1.19 bits per heavy atom. The van der Waals surface area contributed by atoms with Gasteiger partial charge in [0.2, 0.25) is 0 Å². The summed E-state index contributed by atoms with van der Waals surface area (Å²) in [6.07, 6.45) is 2.30. The van der Waals surface area contributed by atoms with Crippen molar-refractivity contribution in [2.75, 3.05) is 5.32 Å². The highest BCUT2D eigenvalue weighted by Gasteiger charge is 2.13. The molecule has 0 fully saturated rings. The Kier molecular flexibility index (Phi) is 4.20. The van der Waals surface area contributed by atoms with Crippen LogP contribution in [-0.4, -0.2) is 4.98 Å². The van der Waals surface area contributed by atoms with Gasteiger partial charge < -0.3 is 5.32 Å². The van der Waals surface area contributed by atoms with Crippen molar-refractivity contribution >= 4 is 27.9 Å². The zero-order valence-corrected chi connectivity index (χ0v) is 13.3. The molecule has 21 heavy (non-hydrogen) atoms. The lowest BCUT2D eigenvalue weighted by atomic mass is 10.1. The quantitative estimate of drug-likeness (QED) is 0.667. The van der Waals surface area contributed by atoms with Gasteiger partial charge in [-0.15, -0.1) is 11.3 Å². The molecule has 3 aromatic rings. The molecule has 2 heterocycles. The molecule has 3 rings (SSSR count). The molecule has 1 N–H and O–H groups in total. The van der Waals surface area contributed by atoms with E-state index in [1.807, 2.05) is 17.4 Å². The van der Waals surface area contributed by atoms with E-state index in [-0.39, 0.29) is 0 Å². The number of pyridine rings is 1. The van der Waals surface area contributed by atoms with E-state index in [9.17, 15) is 0 Å². The number of nitrogens with zero attached hydrogens (tertiary/aromatic N) is 1. The third-order valence-corrected chi connectivity index (χ3v) is 4.62. The molecule has 1 atom stereocenters. The molecule has 0 spiro atoms. The van der Waals surface area contributed by atoms with Crippen LogP contribution in [0.5, 0.6) is 0 Å². The van der Waals surface area contributed by atoms with E-state index in [0.717, 1.165) is 24.1 Å². The van der Waals surface area contributed by atoms with Gasteiger partial charge in [-0.1, -0.05) is 37.6 Å². The van der Waals surface area contributed by atoms with E-state index in [1.54, 1.807) is 0 Å². The Bertz CT molecular complexity index is 719. The summed E-state index contributed by atoms with van der Waals surface area (Å²) in [7, 11) is 0. The number of fused-ring (bicyclic) bond motifs is 1. The molecule has 0 aliphatic rings. The van der Waals surface area contributed by atoms with Crippen LogP contribution in [0.2, 0.25) is 0 Å². The molecule has 0 saturated heterocycles. The van der Waals surface area contributed by atoms with Crippen molar-refractivity contribution in [2.24, 2.45) is 0 Å². The first-order valence-corrected chi connectivity index (χ1v) is 8.32. The molecule has 3 heteroatoms. The molecular weight excluding hydrogens is 276 g/mol. The molecule has 0 saturated carbocycles. The van der Waals surface area contributed by atoms with Gasteiger partial charge in [0.15, 0.2) is 0 Å². The van der Waals surface area contributed by atoms with Gasteiger partial charge in [-0.05, 0) is 36.9 Å². The summed E-state index contributed by atoms with van der Waals surface area (Å²) in [4.78, 5) is 6.01. The Hall–Kier alpha value is -1.87. The number of thiophene rings is 1. The van der Waals surface area contributed by atoms with Crippen LogP contribution in [-0.2, 0) is 0 Å². The molecule has 1 unspecified atom stereocenters. The van der Waals surface area contributed by atoms with Crippen molar-refractivity contribution < 1.29 is 0 Å². The summed E-state index contributed by atoms with van der Waals surface area (Å²) in [5.41, 5.74) is 3.30. The number of hydrogen-bond acceptors (Lipinski definition) is 3. The van der Waals surface area contributed by atoms with Gasteiger partial charge in [-0.2, -0.15) is 0 Å². The van der Waals surface area contributed by atoms with Crippen LogP contribution in [0.25, 0.3) is 10.9 Å². The van der Waals surface area contributed by atoms with E-state index in [0.29, 0.717) is 6.04 Å². The summed E-state index contributed by atoms with van der Waals surface area (Å²) in [5.74, 6) is 0. The molecule has 1 aromatic carbocycles. The van der Waals surface area contributed by atoms with Gasteiger partial charge >= 0.3 is 0 Å². The number of anilines is 1. The van der Waals surface area contributed by atoms with E-state index in [4.69, 9.17) is 0 Å². The van der Waals surface area contributed by atoms with E-state index in [2.05, 4.69) is 65.9 Å². The maximum Gasteiger partial charge on any atom is 0.0725 e. The lowest BCUT2D eigenvalue weighted by molar-refractivity contribution is 0.688. The fourth-order valence-electron chi connectivity index (χ4n) is 2.68. The molecule has 2 nitrogen and oxygen atoms in total. The minimum Gasteiger partial charge on any atom is -0.377 e. The lowest BCUT2D eigenvalue weighted by Gasteiger charge is -2.20. The third kappa shape index (κ3) is 3.08. The van der Waals surface area contributed by atoms with Crippen LogP contribution in [0.4, 0.5) is 5.69 Å². The highest BCUT2D eigenvalue weighted by molar-refractivity contribution is 7.10. The van der Waals surface area contributed by atoms with Gasteiger partial charge in [0.1, 0.15) is 0 Å². The number of aromatic nitrogens is 1. The van der Waals surface area contributed by atoms with Gasteiger partial charge in [-0.25, -0.2) is 0 Å². The lowest BCUT2D eigenvalue weighted by Crippen LogP contribution is -2.10. The smallest absolute Gasteiger partial charge is 0.0725 e. The predicted octanol–water partition coefficient (Wildman–Crippen LogP) is 5.56. The molecular formula is C18H20N2S. The van der Waals surface area contributed by atoms with Gasteiger partial charge in [0, 0.05) is 21.6 Å². The van der Waals surface area contributed by atoms with Crippen molar-refractivity contribution in [1.82, 2.24) is 4.98 Å². The summed E-state index contributed by atoms with van der Waals surface area (Å²) in [6, 6.07) is 15.2. The minimum atomic E-state index is 0.375. The second-order valence-electron chi connectivity index (χ2n) is 5.33. The van der Waals surface area contributed by atoms with Crippen molar-refractivity contribution in [3.63, 3.8) is 0 Å². The van der Waals surface area contributed by atoms with Crippen LogP contribution in [0.1, 0.15) is 36.4 Å². The fourth-order valence-corrected chi connectivity index (χ4v) is 3.49. The number of benzene rings is 1. The number of hydrogen-bond donors (Lipinski definition) is 1. The molecule has 2 aromatic heterocycles. The normalized spacial score (nSPS) is 12.5. The number of rotatable bonds is 5. The summed E-state index contributed by atoms with van der Waals surface area (Å²) < 4.78 is 0. The average Bonchev–Trinajstić information content (AvgIpc) is 3.00. The molecule has 0 bridgehead atoms. The maximum atomic E-state index is 4.61. The van der Waals surface area contributed by atoms with Crippen LogP contribution in [0.3, 0.4) is 0 Å². The summed E-state index contributed by atoms with van der Waals surface area (Å²) >= 11 is 1.82. The first-order valence-electron chi connectivity index (χ1n) is 7.44. The zero-order chi connectivity index (χ0) is 14.7. The molecule has 108 valence electrons. The second kappa shape index (κ2) is 6.27. The Morgan fingerprint density at radius 3 is 2.81 bits per heavy atom. The molecule has 0 radical (unpaired) electrons. The van der Waals surface area contributed by atoms with E-state index < -0.39 is 0 Å². The second-order valence-corrected chi connectivity index (χ2v) is 6.31. The third-order valence-electron chi connectivity index (χ3n) is 3.64. The topological polar surface area (TPSA) is 24.9 Å². The van der Waals surface area contributed by atoms with Crippen molar-refractivity contribution in [2.45, 2.75) is 32.7 Å². The highest BCUT2D eigenvalue weighted by Crippen LogP contribution is 2.31. The van der Waals surface area contributed by atoms with Crippen LogP contribution < -0.4 is 5.32 Å².